The van der Waals surface area contributed by atoms with Crippen LogP contribution in [0.4, 0.5) is 0 Å². The number of methoxy groups -OCH3 is 1. The molecule has 1 aromatic rings. The van der Waals surface area contributed by atoms with Crippen molar-refractivity contribution < 1.29 is 24.5 Å². The number of aliphatic carboxylic acids is 1. The van der Waals surface area contributed by atoms with Gasteiger partial charge >= 0.3 is 5.97 Å². The van der Waals surface area contributed by atoms with Crippen LogP contribution in [0.15, 0.2) is 24.3 Å². The molecule has 0 aromatic heterocycles. The average Bonchev–Trinajstić information content (AvgIpc) is 2.47. The predicted octanol–water partition coefficient (Wildman–Crippen LogP) is 0.747. The van der Waals surface area contributed by atoms with Gasteiger partial charge in [0.25, 0.3) is 5.91 Å². The maximum Gasteiger partial charge on any atom is 0.335 e. The minimum atomic E-state index is -1.71. The Morgan fingerprint density at radius 2 is 1.75 bits per heavy atom. The fourth-order valence-corrected chi connectivity index (χ4v) is 2.21. The number of carboxylic acid groups (broad SMARTS) is 1. The maximum atomic E-state index is 12.2. The SMILES string of the molecule is COc1ccc(C(=O)N2CCC(O)(C(=O)O)CC2)cc1. The van der Waals surface area contributed by atoms with E-state index in [4.69, 9.17) is 9.84 Å². The molecule has 1 saturated heterocycles. The maximum absolute atomic E-state index is 12.2. The third-order valence-electron chi connectivity index (χ3n) is 3.61. The fraction of sp³-hybridized carbons (Fsp3) is 0.429. The molecule has 2 rings (SSSR count). The monoisotopic (exact) mass is 279 g/mol. The number of piperidine rings is 1. The molecule has 0 unspecified atom stereocenters. The Bertz CT molecular complexity index is 503. The summed E-state index contributed by atoms with van der Waals surface area (Å²) in [5, 5.41) is 18.8. The Kier molecular flexibility index (Phi) is 3.94. The normalized spacial score (nSPS) is 17.6. The topological polar surface area (TPSA) is 87.1 Å². The number of amides is 1. The summed E-state index contributed by atoms with van der Waals surface area (Å²) in [4.78, 5) is 24.7. The van der Waals surface area contributed by atoms with Gasteiger partial charge in [-0.3, -0.25) is 4.79 Å². The van der Waals surface area contributed by atoms with E-state index in [9.17, 15) is 14.7 Å². The summed E-state index contributed by atoms with van der Waals surface area (Å²) in [5.74, 6) is -0.727. The quantitative estimate of drug-likeness (QED) is 0.852. The lowest BCUT2D eigenvalue weighted by molar-refractivity contribution is -0.162. The molecule has 6 nitrogen and oxygen atoms in total. The summed E-state index contributed by atoms with van der Waals surface area (Å²) >= 11 is 0. The van der Waals surface area contributed by atoms with Gasteiger partial charge in [0.05, 0.1) is 7.11 Å². The number of nitrogens with zero attached hydrogens (tertiary/aromatic N) is 1. The van der Waals surface area contributed by atoms with Crippen molar-refractivity contribution in [2.24, 2.45) is 0 Å². The molecule has 1 fully saturated rings. The Labute approximate surface area is 116 Å². The highest BCUT2D eigenvalue weighted by molar-refractivity contribution is 5.94. The van der Waals surface area contributed by atoms with Crippen molar-refractivity contribution in [3.8, 4) is 5.75 Å². The molecule has 0 radical (unpaired) electrons. The Hall–Kier alpha value is -2.08. The van der Waals surface area contributed by atoms with Crippen molar-refractivity contribution in [3.63, 3.8) is 0 Å². The van der Waals surface area contributed by atoms with Gasteiger partial charge in [-0.1, -0.05) is 0 Å². The molecule has 2 N–H and O–H groups in total. The number of carboxylic acids is 1. The van der Waals surface area contributed by atoms with Crippen LogP contribution < -0.4 is 4.74 Å². The third kappa shape index (κ3) is 2.75. The van der Waals surface area contributed by atoms with E-state index in [-0.39, 0.29) is 31.8 Å². The van der Waals surface area contributed by atoms with Gasteiger partial charge in [-0.25, -0.2) is 4.79 Å². The van der Waals surface area contributed by atoms with Crippen LogP contribution in [0, 0.1) is 0 Å². The molecule has 0 spiro atoms. The first-order chi connectivity index (χ1) is 9.46. The molecule has 20 heavy (non-hydrogen) atoms. The second-order valence-electron chi connectivity index (χ2n) is 4.86. The van der Waals surface area contributed by atoms with Crippen LogP contribution in [0.1, 0.15) is 23.2 Å². The van der Waals surface area contributed by atoms with Crippen molar-refractivity contribution in [2.45, 2.75) is 18.4 Å². The third-order valence-corrected chi connectivity index (χ3v) is 3.61. The van der Waals surface area contributed by atoms with Crippen LogP contribution in [0.2, 0.25) is 0 Å². The highest BCUT2D eigenvalue weighted by Gasteiger charge is 2.40. The molecular formula is C14H17NO5. The van der Waals surface area contributed by atoms with E-state index >= 15 is 0 Å². The summed E-state index contributed by atoms with van der Waals surface area (Å²) < 4.78 is 5.02. The van der Waals surface area contributed by atoms with Crippen LogP contribution in [-0.4, -0.2) is 52.8 Å². The van der Waals surface area contributed by atoms with Crippen LogP contribution in [-0.2, 0) is 4.79 Å². The van der Waals surface area contributed by atoms with Gasteiger partial charge < -0.3 is 19.8 Å². The molecule has 0 bridgehead atoms. The van der Waals surface area contributed by atoms with Gasteiger partial charge in [0.1, 0.15) is 5.75 Å². The first kappa shape index (κ1) is 14.3. The van der Waals surface area contributed by atoms with E-state index in [1.165, 1.54) is 0 Å². The van der Waals surface area contributed by atoms with E-state index in [1.54, 1.807) is 36.3 Å². The van der Waals surface area contributed by atoms with Gasteiger partial charge in [-0.15, -0.1) is 0 Å². The van der Waals surface area contributed by atoms with Crippen LogP contribution in [0.25, 0.3) is 0 Å². The van der Waals surface area contributed by atoms with E-state index in [2.05, 4.69) is 0 Å². The summed E-state index contributed by atoms with van der Waals surface area (Å²) in [7, 11) is 1.55. The van der Waals surface area contributed by atoms with Crippen molar-refractivity contribution in [2.75, 3.05) is 20.2 Å². The van der Waals surface area contributed by atoms with E-state index in [0.29, 0.717) is 11.3 Å². The number of hydrogen-bond acceptors (Lipinski definition) is 4. The molecule has 6 heteroatoms. The fourth-order valence-electron chi connectivity index (χ4n) is 2.21. The standard InChI is InChI=1S/C14H17NO5/c1-20-11-4-2-10(3-5-11)12(16)15-8-6-14(19,7-9-15)13(17)18/h2-5,19H,6-9H2,1H3,(H,17,18). The average molecular weight is 279 g/mol. The number of aliphatic hydroxyl groups is 1. The zero-order valence-electron chi connectivity index (χ0n) is 11.2. The molecule has 1 aliphatic rings. The predicted molar refractivity (Wildman–Crippen MR) is 70.7 cm³/mol. The smallest absolute Gasteiger partial charge is 0.335 e. The largest absolute Gasteiger partial charge is 0.497 e. The molecule has 0 aliphatic carbocycles. The zero-order chi connectivity index (χ0) is 14.8. The van der Waals surface area contributed by atoms with Crippen LogP contribution in [0.5, 0.6) is 5.75 Å². The van der Waals surface area contributed by atoms with Crippen LogP contribution in [0.3, 0.4) is 0 Å². The zero-order valence-corrected chi connectivity index (χ0v) is 11.2. The lowest BCUT2D eigenvalue weighted by atomic mass is 9.91. The van der Waals surface area contributed by atoms with Gasteiger partial charge in [-0.05, 0) is 24.3 Å². The summed E-state index contributed by atoms with van der Waals surface area (Å²) in [6.07, 6.45) is 0.0917. The minimum absolute atomic E-state index is 0.0459. The molecule has 1 amide bonds. The van der Waals surface area contributed by atoms with Crippen molar-refractivity contribution in [1.29, 1.82) is 0 Å². The summed E-state index contributed by atoms with van der Waals surface area (Å²) in [5.41, 5.74) is -1.19. The number of hydrogen-bond donors (Lipinski definition) is 2. The number of carbonyl (C=O) groups excluding carboxylic acids is 1. The molecule has 0 saturated carbocycles. The molecule has 1 aromatic carbocycles. The van der Waals surface area contributed by atoms with E-state index in [1.807, 2.05) is 0 Å². The highest BCUT2D eigenvalue weighted by Crippen LogP contribution is 2.24. The number of carbonyl (C=O) groups is 2. The molecule has 108 valence electrons. The summed E-state index contributed by atoms with van der Waals surface area (Å²) in [6, 6.07) is 6.73. The second-order valence-corrected chi connectivity index (χ2v) is 4.86. The van der Waals surface area contributed by atoms with Gasteiger partial charge in [-0.2, -0.15) is 0 Å². The molecule has 0 atom stereocenters. The van der Waals surface area contributed by atoms with E-state index < -0.39 is 11.6 Å². The minimum Gasteiger partial charge on any atom is -0.497 e. The first-order valence-electron chi connectivity index (χ1n) is 6.35. The lowest BCUT2D eigenvalue weighted by Gasteiger charge is -2.35. The summed E-state index contributed by atoms with van der Waals surface area (Å²) in [6.45, 7) is 0.460. The highest BCUT2D eigenvalue weighted by atomic mass is 16.5. The number of ether oxygens (including phenoxy) is 1. The van der Waals surface area contributed by atoms with Crippen molar-refractivity contribution >= 4 is 11.9 Å². The van der Waals surface area contributed by atoms with Crippen LogP contribution >= 0.6 is 0 Å². The Morgan fingerprint density at radius 3 is 2.20 bits per heavy atom. The number of likely N-dealkylation sites (tertiary alicyclic amines) is 1. The molecule has 1 heterocycles. The molecular weight excluding hydrogens is 262 g/mol. The number of benzene rings is 1. The Morgan fingerprint density at radius 1 is 1.20 bits per heavy atom. The number of rotatable bonds is 3. The molecule has 1 aliphatic heterocycles. The van der Waals surface area contributed by atoms with Crippen molar-refractivity contribution in [1.82, 2.24) is 4.90 Å². The Balaban J connectivity index is 2.02. The first-order valence-corrected chi connectivity index (χ1v) is 6.35. The van der Waals surface area contributed by atoms with Gasteiger partial charge in [0, 0.05) is 31.5 Å². The second kappa shape index (κ2) is 5.50. The lowest BCUT2D eigenvalue weighted by Crippen LogP contribution is -2.50. The van der Waals surface area contributed by atoms with Crippen molar-refractivity contribution in [3.05, 3.63) is 29.8 Å². The van der Waals surface area contributed by atoms with E-state index in [0.717, 1.165) is 0 Å². The van der Waals surface area contributed by atoms with Gasteiger partial charge in [0.15, 0.2) is 5.60 Å². The van der Waals surface area contributed by atoms with Gasteiger partial charge in [0.2, 0.25) is 0 Å².